The van der Waals surface area contributed by atoms with E-state index < -0.39 is 0 Å². The van der Waals surface area contributed by atoms with Crippen molar-refractivity contribution in [3.8, 4) is 11.1 Å². The first kappa shape index (κ1) is 15.7. The van der Waals surface area contributed by atoms with E-state index >= 15 is 0 Å². The lowest BCUT2D eigenvalue weighted by atomic mass is 9.96. The quantitative estimate of drug-likeness (QED) is 0.708. The van der Waals surface area contributed by atoms with Crippen LogP contribution in [0.1, 0.15) is 33.4 Å². The van der Waals surface area contributed by atoms with Crippen LogP contribution in [0.3, 0.4) is 0 Å². The van der Waals surface area contributed by atoms with E-state index in [0.29, 0.717) is 11.3 Å². The Morgan fingerprint density at radius 2 is 1.75 bits per heavy atom. The van der Waals surface area contributed by atoms with Gasteiger partial charge >= 0.3 is 0 Å². The Bertz CT molecular complexity index is 881. The van der Waals surface area contributed by atoms with Crippen LogP contribution < -0.4 is 5.32 Å². The summed E-state index contributed by atoms with van der Waals surface area (Å²) in [7, 11) is 0. The van der Waals surface area contributed by atoms with Gasteiger partial charge in [0, 0.05) is 16.8 Å². The Balaban J connectivity index is 2.09. The van der Waals surface area contributed by atoms with Crippen molar-refractivity contribution in [2.45, 2.75) is 13.8 Å². The summed E-state index contributed by atoms with van der Waals surface area (Å²) >= 11 is 0. The van der Waals surface area contributed by atoms with Crippen LogP contribution in [0.15, 0.2) is 65.3 Å². The number of amides is 1. The van der Waals surface area contributed by atoms with E-state index in [-0.39, 0.29) is 17.5 Å². The molecule has 2 aromatic carbocycles. The minimum Gasteiger partial charge on any atom is -0.459 e. The lowest BCUT2D eigenvalue weighted by Gasteiger charge is -2.14. The molecule has 3 rings (SSSR count). The lowest BCUT2D eigenvalue weighted by molar-refractivity contribution is 0.0992. The van der Waals surface area contributed by atoms with Gasteiger partial charge in [-0.1, -0.05) is 30.3 Å². The van der Waals surface area contributed by atoms with Gasteiger partial charge in [0.2, 0.25) is 0 Å². The topological polar surface area (TPSA) is 59.3 Å². The predicted octanol–water partition coefficient (Wildman–Crippen LogP) is 4.71. The van der Waals surface area contributed by atoms with E-state index in [2.05, 4.69) is 5.32 Å². The zero-order chi connectivity index (χ0) is 17.1. The summed E-state index contributed by atoms with van der Waals surface area (Å²) in [5.41, 5.74) is 3.86. The molecule has 1 N–H and O–H groups in total. The van der Waals surface area contributed by atoms with E-state index in [1.807, 2.05) is 43.3 Å². The van der Waals surface area contributed by atoms with Crippen molar-refractivity contribution in [1.82, 2.24) is 0 Å². The van der Waals surface area contributed by atoms with Gasteiger partial charge in [0.15, 0.2) is 11.5 Å². The number of carbonyl (C=O) groups excluding carboxylic acids is 2. The third kappa shape index (κ3) is 3.13. The minimum atomic E-state index is -0.351. The number of Topliss-reactive ketones (excluding diaryl/α,β-unsaturated/α-hetero) is 1. The smallest absolute Gasteiger partial charge is 0.291 e. The molecule has 1 amide bonds. The third-order valence-corrected chi connectivity index (χ3v) is 3.82. The van der Waals surface area contributed by atoms with Crippen LogP contribution in [0.4, 0.5) is 5.69 Å². The number of hydrogen-bond donors (Lipinski definition) is 1. The number of hydrogen-bond acceptors (Lipinski definition) is 3. The number of furan rings is 1. The van der Waals surface area contributed by atoms with Crippen molar-refractivity contribution in [3.63, 3.8) is 0 Å². The number of rotatable bonds is 4. The molecule has 120 valence electrons. The molecule has 1 heterocycles. The van der Waals surface area contributed by atoms with Gasteiger partial charge < -0.3 is 9.73 Å². The molecule has 0 aliphatic heterocycles. The van der Waals surface area contributed by atoms with Gasteiger partial charge in [0.05, 0.1) is 6.26 Å². The van der Waals surface area contributed by atoms with Gasteiger partial charge in [-0.05, 0) is 49.2 Å². The monoisotopic (exact) mass is 319 g/mol. The number of benzene rings is 2. The van der Waals surface area contributed by atoms with Gasteiger partial charge in [-0.3, -0.25) is 9.59 Å². The molecule has 0 radical (unpaired) electrons. The number of anilines is 1. The van der Waals surface area contributed by atoms with Gasteiger partial charge in [0.1, 0.15) is 0 Å². The molecule has 24 heavy (non-hydrogen) atoms. The maximum Gasteiger partial charge on any atom is 0.291 e. The molecular weight excluding hydrogens is 302 g/mol. The highest BCUT2D eigenvalue weighted by molar-refractivity contribution is 6.06. The van der Waals surface area contributed by atoms with Crippen LogP contribution in [-0.4, -0.2) is 11.7 Å². The molecule has 0 unspecified atom stereocenters. The second-order valence-corrected chi connectivity index (χ2v) is 5.57. The third-order valence-electron chi connectivity index (χ3n) is 3.82. The Morgan fingerprint density at radius 3 is 2.38 bits per heavy atom. The zero-order valence-electron chi connectivity index (χ0n) is 13.5. The summed E-state index contributed by atoms with van der Waals surface area (Å²) in [6.07, 6.45) is 1.45. The normalized spacial score (nSPS) is 10.4. The fourth-order valence-corrected chi connectivity index (χ4v) is 2.64. The number of ketones is 1. The molecular formula is C20H17NO3. The minimum absolute atomic E-state index is 0.0411. The first-order chi connectivity index (χ1) is 11.6. The molecule has 1 aromatic heterocycles. The number of carbonyl (C=O) groups is 2. The Hall–Kier alpha value is -3.14. The van der Waals surface area contributed by atoms with Crippen molar-refractivity contribution in [1.29, 1.82) is 0 Å². The highest BCUT2D eigenvalue weighted by atomic mass is 16.3. The molecule has 0 fully saturated rings. The second-order valence-electron chi connectivity index (χ2n) is 5.57. The molecule has 3 aromatic rings. The van der Waals surface area contributed by atoms with E-state index in [1.54, 1.807) is 18.2 Å². The Kier molecular flexibility index (Phi) is 4.29. The summed E-state index contributed by atoms with van der Waals surface area (Å²) in [6, 6.07) is 16.6. The first-order valence-electron chi connectivity index (χ1n) is 7.62. The van der Waals surface area contributed by atoms with E-state index in [4.69, 9.17) is 4.42 Å². The molecule has 4 heteroatoms. The summed E-state index contributed by atoms with van der Waals surface area (Å²) in [6.45, 7) is 3.41. The molecule has 0 saturated heterocycles. The van der Waals surface area contributed by atoms with Crippen molar-refractivity contribution >= 4 is 17.4 Å². The summed E-state index contributed by atoms with van der Waals surface area (Å²) in [4.78, 5) is 24.2. The van der Waals surface area contributed by atoms with Crippen molar-refractivity contribution in [2.75, 3.05) is 5.32 Å². The van der Waals surface area contributed by atoms with Crippen LogP contribution >= 0.6 is 0 Å². The molecule has 0 saturated carbocycles. The summed E-state index contributed by atoms with van der Waals surface area (Å²) < 4.78 is 5.14. The van der Waals surface area contributed by atoms with Crippen molar-refractivity contribution in [3.05, 3.63) is 77.7 Å². The molecule has 0 aliphatic rings. The van der Waals surface area contributed by atoms with Gasteiger partial charge in [-0.2, -0.15) is 0 Å². The highest BCUT2D eigenvalue weighted by Gasteiger charge is 2.16. The Labute approximate surface area is 140 Å². The van der Waals surface area contributed by atoms with Crippen molar-refractivity contribution in [2.24, 2.45) is 0 Å². The van der Waals surface area contributed by atoms with Gasteiger partial charge in [-0.25, -0.2) is 0 Å². The highest BCUT2D eigenvalue weighted by Crippen LogP contribution is 2.31. The number of aryl methyl sites for hydroxylation is 1. The molecule has 4 nitrogen and oxygen atoms in total. The SMILES string of the molecule is CC(=O)c1cc(NC(=O)c2ccco2)c(-c2ccccc2)cc1C. The lowest BCUT2D eigenvalue weighted by Crippen LogP contribution is -2.13. The van der Waals surface area contributed by atoms with Crippen LogP contribution in [0, 0.1) is 6.92 Å². The second kappa shape index (κ2) is 6.54. The molecule has 0 spiro atoms. The standard InChI is InChI=1S/C20H17NO3/c1-13-11-17(15-7-4-3-5-8-15)18(12-16(13)14(2)22)21-20(23)19-9-6-10-24-19/h3-12H,1-2H3,(H,21,23). The first-order valence-corrected chi connectivity index (χ1v) is 7.62. The van der Waals surface area contributed by atoms with Crippen LogP contribution in [0.25, 0.3) is 11.1 Å². The zero-order valence-corrected chi connectivity index (χ0v) is 13.5. The van der Waals surface area contributed by atoms with Crippen LogP contribution in [0.5, 0.6) is 0 Å². The Morgan fingerprint density at radius 1 is 1.00 bits per heavy atom. The largest absolute Gasteiger partial charge is 0.459 e. The fourth-order valence-electron chi connectivity index (χ4n) is 2.64. The van der Waals surface area contributed by atoms with Gasteiger partial charge in [0.25, 0.3) is 5.91 Å². The molecule has 0 aliphatic carbocycles. The molecule has 0 bridgehead atoms. The maximum atomic E-state index is 12.3. The van der Waals surface area contributed by atoms with E-state index in [1.165, 1.54) is 13.2 Å². The van der Waals surface area contributed by atoms with Crippen LogP contribution in [-0.2, 0) is 0 Å². The fraction of sp³-hybridized carbons (Fsp3) is 0.100. The molecule has 0 atom stereocenters. The predicted molar refractivity (Wildman–Crippen MR) is 93.3 cm³/mol. The van der Waals surface area contributed by atoms with Crippen molar-refractivity contribution < 1.29 is 14.0 Å². The number of nitrogens with one attached hydrogen (secondary N) is 1. The van der Waals surface area contributed by atoms with Crippen LogP contribution in [0.2, 0.25) is 0 Å². The average molecular weight is 319 g/mol. The maximum absolute atomic E-state index is 12.3. The van der Waals surface area contributed by atoms with E-state index in [0.717, 1.165) is 16.7 Å². The van der Waals surface area contributed by atoms with Gasteiger partial charge in [-0.15, -0.1) is 0 Å². The summed E-state index contributed by atoms with van der Waals surface area (Å²) in [5.74, 6) is -0.171. The average Bonchev–Trinajstić information content (AvgIpc) is 3.11. The summed E-state index contributed by atoms with van der Waals surface area (Å²) in [5, 5.41) is 2.85. The van der Waals surface area contributed by atoms with E-state index in [9.17, 15) is 9.59 Å².